The molecule has 0 aliphatic carbocycles. The van der Waals surface area contributed by atoms with E-state index in [1.54, 1.807) is 11.6 Å². The minimum Gasteiger partial charge on any atom is -0.510 e. The Morgan fingerprint density at radius 3 is 2.72 bits per heavy atom. The summed E-state index contributed by atoms with van der Waals surface area (Å²) in [4.78, 5) is 7.52. The van der Waals surface area contributed by atoms with Gasteiger partial charge in [0.25, 0.3) is 0 Å². The second-order valence-electron chi connectivity index (χ2n) is 7.38. The maximum absolute atomic E-state index is 10.8. The first-order valence-electron chi connectivity index (χ1n) is 10.4. The van der Waals surface area contributed by atoms with Crippen LogP contribution in [0.4, 0.5) is 0 Å². The third kappa shape index (κ3) is 4.50. The molecule has 162 valence electrons. The van der Waals surface area contributed by atoms with Crippen LogP contribution in [0.15, 0.2) is 59.4 Å². The molecule has 32 heavy (non-hydrogen) atoms. The lowest BCUT2D eigenvalue weighted by molar-refractivity contribution is 0.401. The number of aromatic amines is 1. The number of aromatic nitrogens is 6. The van der Waals surface area contributed by atoms with Crippen LogP contribution in [-0.2, 0) is 6.42 Å². The number of para-hydroxylation sites is 2. The van der Waals surface area contributed by atoms with Gasteiger partial charge in [-0.15, -0.1) is 5.10 Å². The molecule has 2 aromatic heterocycles. The topological polar surface area (TPSA) is 116 Å². The predicted octanol–water partition coefficient (Wildman–Crippen LogP) is 4.85. The minimum absolute atomic E-state index is 0.0824. The summed E-state index contributed by atoms with van der Waals surface area (Å²) < 4.78 is 1.63. The molecule has 0 fully saturated rings. The number of unbranched alkanes of at least 4 members (excludes halogenated alkanes) is 1. The van der Waals surface area contributed by atoms with Crippen molar-refractivity contribution in [3.8, 4) is 11.8 Å². The van der Waals surface area contributed by atoms with Crippen molar-refractivity contribution < 1.29 is 5.11 Å². The van der Waals surface area contributed by atoms with Crippen molar-refractivity contribution in [1.29, 1.82) is 5.26 Å². The van der Waals surface area contributed by atoms with Gasteiger partial charge < -0.3 is 10.1 Å². The number of nitrogens with zero attached hydrogens (tertiary/aromatic N) is 6. The van der Waals surface area contributed by atoms with Crippen molar-refractivity contribution in [2.45, 2.75) is 43.5 Å². The van der Waals surface area contributed by atoms with E-state index >= 15 is 0 Å². The highest BCUT2D eigenvalue weighted by atomic mass is 32.2. The lowest BCUT2D eigenvalue weighted by Crippen LogP contribution is -2.07. The number of hydrogen-bond donors (Lipinski definition) is 2. The van der Waals surface area contributed by atoms with Crippen LogP contribution in [0.1, 0.15) is 38.1 Å². The summed E-state index contributed by atoms with van der Waals surface area (Å²) in [6.45, 7) is 3.97. The average molecular weight is 446 g/mol. The lowest BCUT2D eigenvalue weighted by atomic mass is 10.1. The number of hydrogen-bond acceptors (Lipinski definition) is 7. The van der Waals surface area contributed by atoms with E-state index in [-0.39, 0.29) is 11.3 Å². The Morgan fingerprint density at radius 1 is 1.22 bits per heavy atom. The van der Waals surface area contributed by atoms with E-state index in [1.807, 2.05) is 36.4 Å². The molecule has 0 saturated carbocycles. The molecular formula is C23H23N7OS. The monoisotopic (exact) mass is 445 g/mol. The Labute approximate surface area is 190 Å². The molecule has 0 aliphatic rings. The number of aryl methyl sites for hydroxylation is 1. The van der Waals surface area contributed by atoms with Crippen molar-refractivity contribution in [1.82, 2.24) is 30.2 Å². The fourth-order valence-electron chi connectivity index (χ4n) is 3.32. The Hall–Kier alpha value is -3.64. The van der Waals surface area contributed by atoms with Gasteiger partial charge in [0.15, 0.2) is 5.82 Å². The third-order valence-corrected chi connectivity index (χ3v) is 6.14. The van der Waals surface area contributed by atoms with E-state index in [9.17, 15) is 10.4 Å². The molecule has 4 rings (SSSR count). The summed E-state index contributed by atoms with van der Waals surface area (Å²) in [5.41, 5.74) is 3.74. The van der Waals surface area contributed by atoms with Crippen molar-refractivity contribution in [2.75, 3.05) is 0 Å². The maximum Gasteiger partial charge on any atom is 0.214 e. The van der Waals surface area contributed by atoms with Crippen LogP contribution < -0.4 is 0 Å². The molecule has 0 radical (unpaired) electrons. The van der Waals surface area contributed by atoms with E-state index in [4.69, 9.17) is 0 Å². The zero-order valence-corrected chi connectivity index (χ0v) is 18.7. The number of thioether (sulfide) groups is 1. The highest BCUT2D eigenvalue weighted by molar-refractivity contribution is 7.99. The Bertz CT molecular complexity index is 1250. The highest BCUT2D eigenvalue weighted by Crippen LogP contribution is 2.30. The second kappa shape index (κ2) is 9.66. The first-order valence-corrected chi connectivity index (χ1v) is 11.3. The van der Waals surface area contributed by atoms with Crippen molar-refractivity contribution in [3.05, 3.63) is 65.7 Å². The zero-order valence-electron chi connectivity index (χ0n) is 17.9. The smallest absolute Gasteiger partial charge is 0.214 e. The SMILES string of the molecule is CCCCc1ccc(-n2nnnc2SC(C)/C(O)=C(\C#N)c2nc3ccccc3[nH]2)cc1. The number of aliphatic hydroxyl groups is 1. The van der Waals surface area contributed by atoms with Crippen molar-refractivity contribution >= 4 is 28.4 Å². The maximum atomic E-state index is 10.8. The number of rotatable bonds is 8. The number of nitriles is 1. The van der Waals surface area contributed by atoms with E-state index in [2.05, 4.69) is 50.6 Å². The fraction of sp³-hybridized carbons (Fsp3) is 0.261. The zero-order chi connectivity index (χ0) is 22.5. The van der Waals surface area contributed by atoms with Gasteiger partial charge in [0.1, 0.15) is 17.4 Å². The van der Waals surface area contributed by atoms with E-state index in [0.717, 1.165) is 36.0 Å². The van der Waals surface area contributed by atoms with Crippen LogP contribution in [0.3, 0.4) is 0 Å². The van der Waals surface area contributed by atoms with Gasteiger partial charge in [-0.2, -0.15) is 9.94 Å². The molecule has 2 aromatic carbocycles. The van der Waals surface area contributed by atoms with Crippen LogP contribution >= 0.6 is 11.8 Å². The number of fused-ring (bicyclic) bond motifs is 1. The molecule has 0 aliphatic heterocycles. The summed E-state index contributed by atoms with van der Waals surface area (Å²) in [5, 5.41) is 32.6. The third-order valence-electron chi connectivity index (χ3n) is 5.10. The summed E-state index contributed by atoms with van der Waals surface area (Å²) >= 11 is 1.27. The average Bonchev–Trinajstić information content (AvgIpc) is 3.45. The Morgan fingerprint density at radius 2 is 2.00 bits per heavy atom. The van der Waals surface area contributed by atoms with Gasteiger partial charge in [-0.3, -0.25) is 0 Å². The second-order valence-corrected chi connectivity index (χ2v) is 8.69. The van der Waals surface area contributed by atoms with Crippen LogP contribution in [-0.4, -0.2) is 40.5 Å². The van der Waals surface area contributed by atoms with Crippen LogP contribution in [0, 0.1) is 11.3 Å². The van der Waals surface area contributed by atoms with Gasteiger partial charge in [-0.05, 0) is 60.0 Å². The number of aliphatic hydroxyl groups excluding tert-OH is 1. The lowest BCUT2D eigenvalue weighted by Gasteiger charge is -2.12. The molecule has 0 bridgehead atoms. The van der Waals surface area contributed by atoms with E-state index in [0.29, 0.717) is 11.0 Å². The molecule has 9 heteroatoms. The van der Waals surface area contributed by atoms with Crippen LogP contribution in [0.2, 0.25) is 0 Å². The molecule has 8 nitrogen and oxygen atoms in total. The highest BCUT2D eigenvalue weighted by Gasteiger charge is 2.22. The summed E-state index contributed by atoms with van der Waals surface area (Å²) in [6.07, 6.45) is 3.35. The standard InChI is InChI=1S/C23H23N7OS/c1-3-4-7-16-10-12-17(13-11-16)30-23(27-28-29-30)32-15(2)21(31)18(14-24)22-25-19-8-5-6-9-20(19)26-22/h5-6,8-13,15,31H,3-4,7H2,1-2H3,(H,25,26)/b21-18-. The van der Waals surface area contributed by atoms with Gasteiger partial charge in [-0.25, -0.2) is 4.98 Å². The molecule has 4 aromatic rings. The fourth-order valence-corrected chi connectivity index (χ4v) is 4.19. The van der Waals surface area contributed by atoms with E-state index in [1.165, 1.54) is 17.3 Å². The van der Waals surface area contributed by atoms with Gasteiger partial charge in [0.2, 0.25) is 5.16 Å². The number of imidazole rings is 1. The van der Waals surface area contributed by atoms with Crippen LogP contribution in [0.25, 0.3) is 22.3 Å². The summed E-state index contributed by atoms with van der Waals surface area (Å²) in [7, 11) is 0. The number of tetrazole rings is 1. The molecule has 0 saturated heterocycles. The van der Waals surface area contributed by atoms with Gasteiger partial charge >= 0.3 is 0 Å². The van der Waals surface area contributed by atoms with E-state index < -0.39 is 5.25 Å². The molecule has 2 heterocycles. The first-order chi connectivity index (χ1) is 15.6. The van der Waals surface area contributed by atoms with Crippen LogP contribution in [0.5, 0.6) is 0 Å². The quantitative estimate of drug-likeness (QED) is 0.226. The molecule has 0 amide bonds. The van der Waals surface area contributed by atoms with Gasteiger partial charge in [0.05, 0.1) is 22.0 Å². The Balaban J connectivity index is 1.57. The van der Waals surface area contributed by atoms with Crippen molar-refractivity contribution in [2.24, 2.45) is 0 Å². The number of nitrogens with one attached hydrogen (secondary N) is 1. The number of benzene rings is 2. The van der Waals surface area contributed by atoms with Crippen molar-refractivity contribution in [3.63, 3.8) is 0 Å². The summed E-state index contributed by atoms with van der Waals surface area (Å²) in [6, 6.07) is 17.7. The minimum atomic E-state index is -0.466. The molecule has 1 unspecified atom stereocenters. The number of H-pyrrole nitrogens is 1. The number of allylic oxidation sites excluding steroid dienone is 1. The molecule has 1 atom stereocenters. The molecule has 0 spiro atoms. The first kappa shape index (κ1) is 21.6. The largest absolute Gasteiger partial charge is 0.510 e. The summed E-state index contributed by atoms with van der Waals surface area (Å²) in [5.74, 6) is 0.252. The predicted molar refractivity (Wildman–Crippen MR) is 124 cm³/mol. The molecular weight excluding hydrogens is 422 g/mol. The molecule has 2 N–H and O–H groups in total. The normalized spacial score (nSPS) is 13.0. The van der Waals surface area contributed by atoms with Gasteiger partial charge in [0, 0.05) is 0 Å². The Kier molecular flexibility index (Phi) is 6.52. The van der Waals surface area contributed by atoms with Gasteiger partial charge in [-0.1, -0.05) is 49.4 Å².